The van der Waals surface area contributed by atoms with E-state index in [0.717, 1.165) is 56.2 Å². The Morgan fingerprint density at radius 3 is 2.71 bits per heavy atom. The number of aromatic nitrogens is 4. The van der Waals surface area contributed by atoms with Crippen LogP contribution >= 0.6 is 0 Å². The zero-order valence-corrected chi connectivity index (χ0v) is 14.3. The second-order valence-electron chi connectivity index (χ2n) is 7.01. The first kappa shape index (κ1) is 15.4. The zero-order valence-electron chi connectivity index (χ0n) is 14.3. The van der Waals surface area contributed by atoms with E-state index < -0.39 is 0 Å². The first-order chi connectivity index (χ1) is 11.7. The van der Waals surface area contributed by atoms with E-state index in [1.165, 1.54) is 19.3 Å². The number of likely N-dealkylation sites (tertiary alicyclic amines) is 1. The van der Waals surface area contributed by atoms with Gasteiger partial charge in [-0.15, -0.1) is 10.2 Å². The van der Waals surface area contributed by atoms with Gasteiger partial charge in [-0.05, 0) is 37.8 Å². The Hall–Kier alpha value is -2.11. The first-order valence-corrected chi connectivity index (χ1v) is 9.06. The highest BCUT2D eigenvalue weighted by atomic mass is 16.2. The number of piperidine rings is 1. The van der Waals surface area contributed by atoms with Gasteiger partial charge in [-0.2, -0.15) is 0 Å². The Morgan fingerprint density at radius 2 is 1.96 bits per heavy atom. The smallest absolute Gasteiger partial charge is 0.270 e. The van der Waals surface area contributed by atoms with Crippen LogP contribution in [0.1, 0.15) is 60.2 Å². The molecule has 0 unspecified atom stereocenters. The Bertz CT molecular complexity index is 724. The van der Waals surface area contributed by atoms with Crippen molar-refractivity contribution in [1.82, 2.24) is 24.2 Å². The van der Waals surface area contributed by atoms with Crippen LogP contribution in [0.5, 0.6) is 0 Å². The third-order valence-corrected chi connectivity index (χ3v) is 5.45. The number of carbonyl (C=O) groups excluding carboxylic acids is 1. The highest BCUT2D eigenvalue weighted by Gasteiger charge is 2.29. The van der Waals surface area contributed by atoms with Crippen molar-refractivity contribution >= 4 is 5.91 Å². The van der Waals surface area contributed by atoms with E-state index in [0.29, 0.717) is 5.92 Å². The third-order valence-electron chi connectivity index (χ3n) is 5.45. The van der Waals surface area contributed by atoms with Gasteiger partial charge in [0.25, 0.3) is 5.91 Å². The van der Waals surface area contributed by atoms with Crippen LogP contribution in [0.3, 0.4) is 0 Å². The van der Waals surface area contributed by atoms with Crippen molar-refractivity contribution in [3.8, 4) is 0 Å². The van der Waals surface area contributed by atoms with Crippen LogP contribution in [0.4, 0.5) is 0 Å². The molecule has 0 aromatic carbocycles. The van der Waals surface area contributed by atoms with Crippen LogP contribution < -0.4 is 0 Å². The molecule has 0 saturated carbocycles. The van der Waals surface area contributed by atoms with Crippen LogP contribution in [0.15, 0.2) is 18.3 Å². The average molecular weight is 327 g/mol. The van der Waals surface area contributed by atoms with Crippen molar-refractivity contribution in [1.29, 1.82) is 0 Å². The molecule has 24 heavy (non-hydrogen) atoms. The molecule has 1 fully saturated rings. The van der Waals surface area contributed by atoms with E-state index in [4.69, 9.17) is 0 Å². The molecule has 6 nitrogen and oxygen atoms in total. The molecule has 2 aliphatic heterocycles. The van der Waals surface area contributed by atoms with E-state index in [1.54, 1.807) is 0 Å². The lowest BCUT2D eigenvalue weighted by atomic mass is 9.95. The van der Waals surface area contributed by atoms with Crippen molar-refractivity contribution in [3.63, 3.8) is 0 Å². The summed E-state index contributed by atoms with van der Waals surface area (Å²) in [5, 5.41) is 8.93. The molecule has 0 N–H and O–H groups in total. The van der Waals surface area contributed by atoms with E-state index in [9.17, 15) is 4.79 Å². The lowest BCUT2D eigenvalue weighted by Gasteiger charge is -2.31. The molecule has 4 rings (SSSR count). The molecule has 1 amide bonds. The van der Waals surface area contributed by atoms with Gasteiger partial charge in [0.2, 0.25) is 0 Å². The number of rotatable bonds is 2. The van der Waals surface area contributed by atoms with Crippen molar-refractivity contribution < 1.29 is 4.79 Å². The number of hydrogen-bond donors (Lipinski definition) is 0. The summed E-state index contributed by atoms with van der Waals surface area (Å²) < 4.78 is 4.25. The first-order valence-electron chi connectivity index (χ1n) is 9.06. The fraction of sp³-hybridized carbons (Fsp3) is 0.611. The number of carbonyl (C=O) groups is 1. The van der Waals surface area contributed by atoms with Crippen LogP contribution in [-0.2, 0) is 20.0 Å². The fourth-order valence-electron chi connectivity index (χ4n) is 4.00. The van der Waals surface area contributed by atoms with Gasteiger partial charge in [0.05, 0.1) is 0 Å². The van der Waals surface area contributed by atoms with Gasteiger partial charge in [0.15, 0.2) is 0 Å². The van der Waals surface area contributed by atoms with Gasteiger partial charge in [-0.3, -0.25) is 4.79 Å². The minimum absolute atomic E-state index is 0.140. The summed E-state index contributed by atoms with van der Waals surface area (Å²) in [6.07, 6.45) is 8.67. The topological polar surface area (TPSA) is 56.0 Å². The molecule has 2 aromatic heterocycles. The summed E-state index contributed by atoms with van der Waals surface area (Å²) in [6, 6.07) is 3.82. The fourth-order valence-corrected chi connectivity index (χ4v) is 4.00. The standard InChI is InChI=1S/C18H25N5O/c1-21-10-5-6-15(21)18(24)22-12-8-14(9-13-22)17-20-19-16-7-3-2-4-11-23(16)17/h5-6,10,14H,2-4,7-9,11-13H2,1H3. The Kier molecular flexibility index (Phi) is 4.12. The SMILES string of the molecule is Cn1cccc1C(=O)N1CCC(c2nnc3n2CCCCC3)CC1. The molecule has 0 spiro atoms. The third kappa shape index (κ3) is 2.74. The number of fused-ring (bicyclic) bond motifs is 1. The van der Waals surface area contributed by atoms with Gasteiger partial charge in [-0.25, -0.2) is 0 Å². The maximum absolute atomic E-state index is 12.6. The molecule has 0 radical (unpaired) electrons. The van der Waals surface area contributed by atoms with Crippen LogP contribution in [0, 0.1) is 0 Å². The summed E-state index contributed by atoms with van der Waals surface area (Å²) in [5.41, 5.74) is 0.768. The quantitative estimate of drug-likeness (QED) is 0.851. The molecule has 2 aromatic rings. The van der Waals surface area contributed by atoms with Crippen molar-refractivity contribution in [2.45, 2.75) is 51.0 Å². The average Bonchev–Trinajstić information content (AvgIpc) is 3.14. The molecular weight excluding hydrogens is 302 g/mol. The number of amides is 1. The maximum atomic E-state index is 12.6. The monoisotopic (exact) mass is 327 g/mol. The van der Waals surface area contributed by atoms with Crippen molar-refractivity contribution in [2.75, 3.05) is 13.1 Å². The lowest BCUT2D eigenvalue weighted by Crippen LogP contribution is -2.39. The van der Waals surface area contributed by atoms with Gasteiger partial charge >= 0.3 is 0 Å². The zero-order chi connectivity index (χ0) is 16.5. The van der Waals surface area contributed by atoms with E-state index >= 15 is 0 Å². The summed E-state index contributed by atoms with van der Waals surface area (Å²) in [4.78, 5) is 14.6. The van der Waals surface area contributed by atoms with Gasteiger partial charge < -0.3 is 14.0 Å². The number of aryl methyl sites for hydroxylation is 2. The van der Waals surface area contributed by atoms with Gasteiger partial charge in [0.1, 0.15) is 17.3 Å². The molecule has 6 heteroatoms. The van der Waals surface area contributed by atoms with E-state index in [2.05, 4.69) is 14.8 Å². The second-order valence-corrected chi connectivity index (χ2v) is 7.01. The van der Waals surface area contributed by atoms with Crippen molar-refractivity contribution in [3.05, 3.63) is 35.7 Å². The predicted octanol–water partition coefficient (Wildman–Crippen LogP) is 2.36. The molecule has 0 aliphatic carbocycles. The molecule has 0 atom stereocenters. The number of hydrogen-bond acceptors (Lipinski definition) is 3. The van der Waals surface area contributed by atoms with E-state index in [1.807, 2.05) is 34.8 Å². The van der Waals surface area contributed by atoms with Crippen LogP contribution in [0.2, 0.25) is 0 Å². The summed E-state index contributed by atoms with van der Waals surface area (Å²) in [6.45, 7) is 2.66. The normalized spacial score (nSPS) is 19.1. The lowest BCUT2D eigenvalue weighted by molar-refractivity contribution is 0.0700. The van der Waals surface area contributed by atoms with Crippen LogP contribution in [-0.4, -0.2) is 43.2 Å². The minimum Gasteiger partial charge on any atom is -0.347 e. The molecule has 4 heterocycles. The van der Waals surface area contributed by atoms with Crippen molar-refractivity contribution in [2.24, 2.45) is 7.05 Å². The van der Waals surface area contributed by atoms with Gasteiger partial charge in [-0.1, -0.05) is 6.42 Å². The highest BCUT2D eigenvalue weighted by Crippen LogP contribution is 2.29. The van der Waals surface area contributed by atoms with Gasteiger partial charge in [0, 0.05) is 45.2 Å². The van der Waals surface area contributed by atoms with E-state index in [-0.39, 0.29) is 5.91 Å². The largest absolute Gasteiger partial charge is 0.347 e. The Labute approximate surface area is 142 Å². The summed E-state index contributed by atoms with van der Waals surface area (Å²) in [7, 11) is 1.92. The Morgan fingerprint density at radius 1 is 1.12 bits per heavy atom. The molecule has 2 aliphatic rings. The minimum atomic E-state index is 0.140. The molecule has 0 bridgehead atoms. The molecule has 1 saturated heterocycles. The van der Waals surface area contributed by atoms with Crippen LogP contribution in [0.25, 0.3) is 0 Å². The Balaban J connectivity index is 1.44. The molecular formula is C18H25N5O. The maximum Gasteiger partial charge on any atom is 0.270 e. The molecule has 128 valence electrons. The summed E-state index contributed by atoms with van der Waals surface area (Å²) >= 11 is 0. The number of nitrogens with zero attached hydrogens (tertiary/aromatic N) is 5. The second kappa shape index (κ2) is 6.42. The highest BCUT2D eigenvalue weighted by molar-refractivity contribution is 5.92. The summed E-state index contributed by atoms with van der Waals surface area (Å²) in [5.74, 6) is 2.88. The predicted molar refractivity (Wildman–Crippen MR) is 90.9 cm³/mol.